The quantitative estimate of drug-likeness (QED) is 0.216. The molecule has 0 fully saturated rings. The van der Waals surface area contributed by atoms with E-state index < -0.39 is 11.9 Å². The van der Waals surface area contributed by atoms with E-state index in [9.17, 15) is 14.4 Å². The Labute approximate surface area is 191 Å². The number of rotatable bonds is 8. The molecule has 3 aromatic carbocycles. The first-order valence-corrected chi connectivity index (χ1v) is 9.90. The third-order valence-corrected chi connectivity index (χ3v) is 4.73. The summed E-state index contributed by atoms with van der Waals surface area (Å²) in [5, 5.41) is 0. The highest BCUT2D eigenvalue weighted by atomic mass is 16.5. The number of hydrogen-bond acceptors (Lipinski definition) is 7. The van der Waals surface area contributed by atoms with E-state index in [0.717, 1.165) is 5.56 Å². The predicted molar refractivity (Wildman–Crippen MR) is 122 cm³/mol. The van der Waals surface area contributed by atoms with Crippen molar-refractivity contribution in [1.29, 1.82) is 0 Å². The molecule has 0 radical (unpaired) electrons. The lowest BCUT2D eigenvalue weighted by atomic mass is 10.1. The van der Waals surface area contributed by atoms with Crippen molar-refractivity contribution in [1.82, 2.24) is 0 Å². The Hall–Kier alpha value is -4.39. The minimum absolute atomic E-state index is 0.218. The molecular formula is C26H22O7. The fourth-order valence-corrected chi connectivity index (χ4v) is 2.93. The third kappa shape index (κ3) is 5.86. The lowest BCUT2D eigenvalue weighted by molar-refractivity contribution is 0.0600. The largest absolute Gasteiger partial charge is 0.493 e. The van der Waals surface area contributed by atoms with Crippen LogP contribution in [0.4, 0.5) is 0 Å². The molecule has 0 saturated carbocycles. The molecule has 168 valence electrons. The molecule has 0 aliphatic carbocycles. The van der Waals surface area contributed by atoms with Crippen LogP contribution in [-0.4, -0.2) is 39.1 Å². The zero-order valence-electron chi connectivity index (χ0n) is 18.4. The van der Waals surface area contributed by atoms with Gasteiger partial charge in [-0.2, -0.15) is 0 Å². The van der Waals surface area contributed by atoms with Crippen molar-refractivity contribution in [3.05, 3.63) is 95.1 Å². The molecule has 0 saturated heterocycles. The van der Waals surface area contributed by atoms with E-state index in [2.05, 4.69) is 4.74 Å². The van der Waals surface area contributed by atoms with Gasteiger partial charge in [0.1, 0.15) is 5.75 Å². The van der Waals surface area contributed by atoms with Gasteiger partial charge < -0.3 is 18.9 Å². The SMILES string of the molecule is COC(=O)c1ccc(/C=C/C(=O)c2ccc(OC(=O)c3ccc(OC)c(OC)c3)cc2)cc1. The smallest absolute Gasteiger partial charge is 0.343 e. The highest BCUT2D eigenvalue weighted by Crippen LogP contribution is 2.28. The second-order valence-corrected chi connectivity index (χ2v) is 6.79. The van der Waals surface area contributed by atoms with E-state index in [1.165, 1.54) is 33.5 Å². The van der Waals surface area contributed by atoms with Gasteiger partial charge in [-0.25, -0.2) is 9.59 Å². The third-order valence-electron chi connectivity index (χ3n) is 4.73. The normalized spacial score (nSPS) is 10.5. The number of carbonyl (C=O) groups excluding carboxylic acids is 3. The molecule has 0 N–H and O–H groups in total. The zero-order valence-corrected chi connectivity index (χ0v) is 18.4. The molecule has 0 spiro atoms. The van der Waals surface area contributed by atoms with Gasteiger partial charge in [-0.3, -0.25) is 4.79 Å². The Morgan fingerprint density at radius 1 is 0.667 bits per heavy atom. The van der Waals surface area contributed by atoms with Crippen LogP contribution in [0.3, 0.4) is 0 Å². The number of allylic oxidation sites excluding steroid dienone is 1. The molecule has 0 bridgehead atoms. The Morgan fingerprint density at radius 2 is 1.27 bits per heavy atom. The van der Waals surface area contributed by atoms with Crippen LogP contribution in [0.15, 0.2) is 72.8 Å². The average Bonchev–Trinajstić information content (AvgIpc) is 2.87. The fraction of sp³-hybridized carbons (Fsp3) is 0.115. The van der Waals surface area contributed by atoms with E-state index >= 15 is 0 Å². The topological polar surface area (TPSA) is 88.1 Å². The lowest BCUT2D eigenvalue weighted by Gasteiger charge is -2.09. The monoisotopic (exact) mass is 446 g/mol. The molecule has 0 amide bonds. The van der Waals surface area contributed by atoms with E-state index in [0.29, 0.717) is 33.9 Å². The van der Waals surface area contributed by atoms with Crippen molar-refractivity contribution in [3.63, 3.8) is 0 Å². The lowest BCUT2D eigenvalue weighted by Crippen LogP contribution is -2.09. The second kappa shape index (κ2) is 10.8. The van der Waals surface area contributed by atoms with E-state index in [1.807, 2.05) is 0 Å². The maximum Gasteiger partial charge on any atom is 0.343 e. The second-order valence-electron chi connectivity index (χ2n) is 6.79. The van der Waals surface area contributed by atoms with Crippen LogP contribution in [-0.2, 0) is 4.74 Å². The summed E-state index contributed by atoms with van der Waals surface area (Å²) >= 11 is 0. The molecule has 7 nitrogen and oxygen atoms in total. The number of ether oxygens (including phenoxy) is 4. The fourth-order valence-electron chi connectivity index (χ4n) is 2.93. The Kier molecular flexibility index (Phi) is 7.60. The van der Waals surface area contributed by atoms with Crippen LogP contribution in [0.2, 0.25) is 0 Å². The number of hydrogen-bond donors (Lipinski definition) is 0. The molecule has 0 aliphatic heterocycles. The van der Waals surface area contributed by atoms with Crippen LogP contribution in [0, 0.1) is 0 Å². The number of esters is 2. The molecule has 3 rings (SSSR count). The van der Waals surface area contributed by atoms with Gasteiger partial charge in [-0.05, 0) is 66.2 Å². The van der Waals surface area contributed by atoms with Gasteiger partial charge in [0.25, 0.3) is 0 Å². The van der Waals surface area contributed by atoms with E-state index in [-0.39, 0.29) is 5.78 Å². The van der Waals surface area contributed by atoms with Gasteiger partial charge in [-0.1, -0.05) is 18.2 Å². The van der Waals surface area contributed by atoms with Crippen LogP contribution < -0.4 is 14.2 Å². The van der Waals surface area contributed by atoms with Crippen LogP contribution in [0.5, 0.6) is 17.2 Å². The Morgan fingerprint density at radius 3 is 1.88 bits per heavy atom. The van der Waals surface area contributed by atoms with Gasteiger partial charge in [0.05, 0.1) is 32.5 Å². The molecule has 0 aromatic heterocycles. The molecule has 7 heteroatoms. The van der Waals surface area contributed by atoms with Gasteiger partial charge >= 0.3 is 11.9 Å². The van der Waals surface area contributed by atoms with Crippen molar-refractivity contribution in [2.24, 2.45) is 0 Å². The van der Waals surface area contributed by atoms with Crippen molar-refractivity contribution < 1.29 is 33.3 Å². The first kappa shape index (κ1) is 23.3. The van der Waals surface area contributed by atoms with Gasteiger partial charge in [-0.15, -0.1) is 0 Å². The predicted octanol–water partition coefficient (Wildman–Crippen LogP) is 4.61. The first-order valence-electron chi connectivity index (χ1n) is 9.90. The average molecular weight is 446 g/mol. The summed E-state index contributed by atoms with van der Waals surface area (Å²) in [5.74, 6) is 0.0152. The summed E-state index contributed by atoms with van der Waals surface area (Å²) in [6.07, 6.45) is 3.08. The molecule has 33 heavy (non-hydrogen) atoms. The van der Waals surface area contributed by atoms with Gasteiger partial charge in [0.2, 0.25) is 0 Å². The first-order chi connectivity index (χ1) is 15.9. The maximum absolute atomic E-state index is 12.4. The molecule has 0 atom stereocenters. The minimum Gasteiger partial charge on any atom is -0.493 e. The summed E-state index contributed by atoms with van der Waals surface area (Å²) in [6.45, 7) is 0. The van der Waals surface area contributed by atoms with Crippen molar-refractivity contribution in [2.45, 2.75) is 0 Å². The van der Waals surface area contributed by atoms with Gasteiger partial charge in [0.15, 0.2) is 17.3 Å². The number of benzene rings is 3. The Balaban J connectivity index is 1.63. The van der Waals surface area contributed by atoms with E-state index in [4.69, 9.17) is 14.2 Å². The minimum atomic E-state index is -0.565. The van der Waals surface area contributed by atoms with E-state index in [1.54, 1.807) is 66.7 Å². The molecule has 0 unspecified atom stereocenters. The van der Waals surface area contributed by atoms with Crippen LogP contribution >= 0.6 is 0 Å². The number of ketones is 1. The molecule has 3 aromatic rings. The summed E-state index contributed by atoms with van der Waals surface area (Å²) in [4.78, 5) is 36.3. The van der Waals surface area contributed by atoms with Crippen molar-refractivity contribution in [2.75, 3.05) is 21.3 Å². The highest BCUT2D eigenvalue weighted by Gasteiger charge is 2.13. The number of carbonyl (C=O) groups is 3. The molecular weight excluding hydrogens is 424 g/mol. The summed E-state index contributed by atoms with van der Waals surface area (Å²) in [5.41, 5.74) is 1.92. The Bertz CT molecular complexity index is 1180. The zero-order chi connectivity index (χ0) is 23.8. The van der Waals surface area contributed by atoms with Crippen LogP contribution in [0.25, 0.3) is 6.08 Å². The number of methoxy groups -OCH3 is 3. The highest BCUT2D eigenvalue weighted by molar-refractivity contribution is 6.07. The summed E-state index contributed by atoms with van der Waals surface area (Å²) in [7, 11) is 4.31. The van der Waals surface area contributed by atoms with Crippen LogP contribution in [0.1, 0.15) is 36.6 Å². The van der Waals surface area contributed by atoms with Crippen molar-refractivity contribution >= 4 is 23.8 Å². The van der Waals surface area contributed by atoms with Gasteiger partial charge in [0, 0.05) is 5.56 Å². The summed E-state index contributed by atoms with van der Waals surface area (Å²) in [6, 6.07) is 17.6. The molecule has 0 aliphatic rings. The summed E-state index contributed by atoms with van der Waals surface area (Å²) < 4.78 is 20.4. The standard InChI is InChI=1S/C26H22O7/c1-30-23-15-11-20(16-24(23)31-2)26(29)33-21-12-9-18(10-13-21)22(27)14-6-17-4-7-19(8-5-17)25(28)32-3/h4-16H,1-3H3/b14-6+. The maximum atomic E-state index is 12.4. The van der Waals surface area contributed by atoms with Crippen molar-refractivity contribution in [3.8, 4) is 17.2 Å². The molecule has 0 heterocycles.